The highest BCUT2D eigenvalue weighted by Crippen LogP contribution is 2.29. The molecule has 142 valence electrons. The Hall–Kier alpha value is -1.49. The van der Waals surface area contributed by atoms with E-state index >= 15 is 0 Å². The SMILES string of the molecule is CCn1cc([C@H]2C[C@H](C(=O)NC(C)(C)CO)N(C)S(=O)(=O)N2)c(C)n1. The molecule has 0 unspecified atom stereocenters. The second-order valence-corrected chi connectivity index (χ2v) is 8.76. The smallest absolute Gasteiger partial charge is 0.280 e. The number of carbonyl (C=O) groups excluding carboxylic acids is 1. The average molecular weight is 373 g/mol. The molecule has 1 amide bonds. The topological polar surface area (TPSA) is 117 Å². The molecule has 1 aromatic heterocycles. The van der Waals surface area contributed by atoms with Gasteiger partial charge < -0.3 is 10.4 Å². The molecule has 2 atom stereocenters. The fraction of sp³-hybridized carbons (Fsp3) is 0.733. The van der Waals surface area contributed by atoms with Gasteiger partial charge >= 0.3 is 0 Å². The summed E-state index contributed by atoms with van der Waals surface area (Å²) >= 11 is 0. The van der Waals surface area contributed by atoms with Gasteiger partial charge in [0.05, 0.1) is 23.9 Å². The number of aliphatic hydroxyl groups is 1. The largest absolute Gasteiger partial charge is 0.394 e. The lowest BCUT2D eigenvalue weighted by Gasteiger charge is -2.37. The predicted octanol–water partition coefficient (Wildman–Crippen LogP) is -0.322. The van der Waals surface area contributed by atoms with Crippen molar-refractivity contribution in [3.63, 3.8) is 0 Å². The lowest BCUT2D eigenvalue weighted by Crippen LogP contribution is -2.60. The molecule has 0 radical (unpaired) electrons. The van der Waals surface area contributed by atoms with E-state index in [2.05, 4.69) is 15.1 Å². The summed E-state index contributed by atoms with van der Waals surface area (Å²) in [5.41, 5.74) is 0.664. The van der Waals surface area contributed by atoms with Crippen molar-refractivity contribution in [1.29, 1.82) is 0 Å². The molecule has 0 saturated carbocycles. The number of hydrogen-bond acceptors (Lipinski definition) is 5. The first kappa shape index (κ1) is 19.8. The molecule has 1 aliphatic heterocycles. The Morgan fingerprint density at radius 2 is 2.16 bits per heavy atom. The van der Waals surface area contributed by atoms with Crippen LogP contribution in [-0.4, -0.2) is 58.8 Å². The maximum atomic E-state index is 12.6. The highest BCUT2D eigenvalue weighted by molar-refractivity contribution is 7.87. The summed E-state index contributed by atoms with van der Waals surface area (Å²) in [4.78, 5) is 12.6. The third-order valence-corrected chi connectivity index (χ3v) is 6.01. The van der Waals surface area contributed by atoms with Gasteiger partial charge in [-0.1, -0.05) is 0 Å². The number of aliphatic hydroxyl groups excluding tert-OH is 1. The zero-order valence-electron chi connectivity index (χ0n) is 15.3. The third-order valence-electron chi connectivity index (χ3n) is 4.41. The van der Waals surface area contributed by atoms with Crippen LogP contribution in [0.25, 0.3) is 0 Å². The first-order valence-corrected chi connectivity index (χ1v) is 9.67. The molecule has 2 rings (SSSR count). The molecule has 0 aliphatic carbocycles. The first-order chi connectivity index (χ1) is 11.5. The highest BCUT2D eigenvalue weighted by atomic mass is 32.2. The van der Waals surface area contributed by atoms with Crippen molar-refractivity contribution < 1.29 is 18.3 Å². The van der Waals surface area contributed by atoms with Crippen LogP contribution in [0.2, 0.25) is 0 Å². The van der Waals surface area contributed by atoms with Crippen molar-refractivity contribution >= 4 is 16.1 Å². The number of aromatic nitrogens is 2. The van der Waals surface area contributed by atoms with Gasteiger partial charge in [0, 0.05) is 25.4 Å². The van der Waals surface area contributed by atoms with Crippen LogP contribution in [-0.2, 0) is 21.5 Å². The van der Waals surface area contributed by atoms with E-state index in [9.17, 15) is 18.3 Å². The molecule has 0 spiro atoms. The van der Waals surface area contributed by atoms with Gasteiger partial charge in [-0.05, 0) is 34.1 Å². The molecular weight excluding hydrogens is 346 g/mol. The quantitative estimate of drug-likeness (QED) is 0.654. The van der Waals surface area contributed by atoms with Crippen molar-refractivity contribution in [2.75, 3.05) is 13.7 Å². The van der Waals surface area contributed by atoms with Gasteiger partial charge in [-0.2, -0.15) is 22.5 Å². The van der Waals surface area contributed by atoms with E-state index in [4.69, 9.17) is 0 Å². The summed E-state index contributed by atoms with van der Waals surface area (Å²) in [6, 6.07) is -1.40. The van der Waals surface area contributed by atoms with Gasteiger partial charge in [-0.15, -0.1) is 0 Å². The standard InChI is InChI=1S/C15H27N5O4S/c1-6-20-8-11(10(2)17-20)12-7-13(19(5)25(23,24)18-12)14(22)16-15(3,4)9-21/h8,12-13,18,21H,6-7,9H2,1-5H3,(H,16,22)/t12-,13-/m1/s1. The Balaban J connectivity index is 2.31. The minimum atomic E-state index is -3.81. The van der Waals surface area contributed by atoms with Crippen LogP contribution in [0.3, 0.4) is 0 Å². The van der Waals surface area contributed by atoms with Gasteiger partial charge in [0.2, 0.25) is 5.91 Å². The van der Waals surface area contributed by atoms with E-state index in [0.29, 0.717) is 6.54 Å². The van der Waals surface area contributed by atoms with Crippen molar-refractivity contribution in [3.05, 3.63) is 17.5 Å². The summed E-state index contributed by atoms with van der Waals surface area (Å²) in [5, 5.41) is 16.4. The van der Waals surface area contributed by atoms with Gasteiger partial charge in [0.15, 0.2) is 0 Å². The monoisotopic (exact) mass is 373 g/mol. The van der Waals surface area contributed by atoms with E-state index < -0.39 is 33.7 Å². The van der Waals surface area contributed by atoms with Crippen molar-refractivity contribution in [2.24, 2.45) is 0 Å². The van der Waals surface area contributed by atoms with Crippen molar-refractivity contribution in [1.82, 2.24) is 24.1 Å². The molecule has 1 saturated heterocycles. The lowest BCUT2D eigenvalue weighted by molar-refractivity contribution is -0.127. The number of carbonyl (C=O) groups is 1. The van der Waals surface area contributed by atoms with Crippen molar-refractivity contribution in [2.45, 2.75) is 58.3 Å². The fourth-order valence-corrected chi connectivity index (χ4v) is 4.07. The molecule has 0 aromatic carbocycles. The van der Waals surface area contributed by atoms with Crippen LogP contribution >= 0.6 is 0 Å². The maximum Gasteiger partial charge on any atom is 0.280 e. The van der Waals surface area contributed by atoms with Gasteiger partial charge in [0.25, 0.3) is 10.2 Å². The van der Waals surface area contributed by atoms with Crippen LogP contribution in [0.4, 0.5) is 0 Å². The third kappa shape index (κ3) is 4.20. The molecule has 1 aliphatic rings. The fourth-order valence-electron chi connectivity index (χ4n) is 2.81. The normalized spacial score (nSPS) is 24.2. The van der Waals surface area contributed by atoms with E-state index in [1.807, 2.05) is 13.8 Å². The number of hydrogen-bond donors (Lipinski definition) is 3. The number of nitrogens with zero attached hydrogens (tertiary/aromatic N) is 3. The number of aryl methyl sites for hydroxylation is 2. The maximum absolute atomic E-state index is 12.6. The Morgan fingerprint density at radius 3 is 2.68 bits per heavy atom. The van der Waals surface area contributed by atoms with Crippen LogP contribution < -0.4 is 10.0 Å². The van der Waals surface area contributed by atoms with E-state index in [1.54, 1.807) is 24.7 Å². The molecule has 1 fully saturated rings. The van der Waals surface area contributed by atoms with Gasteiger partial charge in [0.1, 0.15) is 6.04 Å². The average Bonchev–Trinajstić information content (AvgIpc) is 2.90. The van der Waals surface area contributed by atoms with E-state index in [1.165, 1.54) is 7.05 Å². The Bertz CT molecular complexity index is 743. The Morgan fingerprint density at radius 1 is 1.52 bits per heavy atom. The van der Waals surface area contributed by atoms with Crippen LogP contribution in [0, 0.1) is 6.92 Å². The number of amides is 1. The predicted molar refractivity (Wildman–Crippen MR) is 92.9 cm³/mol. The second-order valence-electron chi connectivity index (χ2n) is 7.00. The Labute approximate surface area is 148 Å². The molecule has 3 N–H and O–H groups in total. The summed E-state index contributed by atoms with van der Waals surface area (Å²) in [6.07, 6.45) is 2.08. The van der Waals surface area contributed by atoms with E-state index in [-0.39, 0.29) is 13.0 Å². The summed E-state index contributed by atoms with van der Waals surface area (Å²) < 4.78 is 30.3. The van der Waals surface area contributed by atoms with Crippen LogP contribution in [0.15, 0.2) is 6.20 Å². The molecule has 0 bridgehead atoms. The molecule has 1 aromatic rings. The highest BCUT2D eigenvalue weighted by Gasteiger charge is 2.42. The zero-order valence-corrected chi connectivity index (χ0v) is 16.1. The van der Waals surface area contributed by atoms with Gasteiger partial charge in [-0.25, -0.2) is 0 Å². The first-order valence-electron chi connectivity index (χ1n) is 8.23. The number of likely N-dealkylation sites (N-methyl/N-ethyl adjacent to an activating group) is 1. The molecular formula is C15H27N5O4S. The van der Waals surface area contributed by atoms with Gasteiger partial charge in [-0.3, -0.25) is 9.48 Å². The molecule has 2 heterocycles. The molecule has 25 heavy (non-hydrogen) atoms. The Kier molecular flexibility index (Phi) is 5.57. The minimum Gasteiger partial charge on any atom is -0.394 e. The minimum absolute atomic E-state index is 0.244. The molecule has 9 nitrogen and oxygen atoms in total. The summed E-state index contributed by atoms with van der Waals surface area (Å²) in [7, 11) is -2.43. The lowest BCUT2D eigenvalue weighted by atomic mass is 9.99. The summed E-state index contributed by atoms with van der Waals surface area (Å²) in [6.45, 7) is 7.54. The van der Waals surface area contributed by atoms with Crippen LogP contribution in [0.5, 0.6) is 0 Å². The zero-order chi connectivity index (χ0) is 19.0. The number of nitrogens with one attached hydrogen (secondary N) is 2. The van der Waals surface area contributed by atoms with Crippen molar-refractivity contribution in [3.8, 4) is 0 Å². The summed E-state index contributed by atoms with van der Waals surface area (Å²) in [5.74, 6) is -0.433. The number of rotatable bonds is 5. The molecule has 10 heteroatoms. The second kappa shape index (κ2) is 7.02. The van der Waals surface area contributed by atoms with Crippen LogP contribution in [0.1, 0.15) is 44.5 Å². The van der Waals surface area contributed by atoms with E-state index in [0.717, 1.165) is 15.6 Å².